The fourth-order valence-electron chi connectivity index (χ4n) is 1.65. The van der Waals surface area contributed by atoms with E-state index in [2.05, 4.69) is 37.3 Å². The minimum absolute atomic E-state index is 0.892. The Labute approximate surface area is 117 Å². The number of aryl methyl sites for hydroxylation is 1. The van der Waals surface area contributed by atoms with Crippen molar-refractivity contribution in [3.63, 3.8) is 0 Å². The molecule has 0 amide bonds. The lowest BCUT2D eigenvalue weighted by molar-refractivity contribution is 0.132. The van der Waals surface area contributed by atoms with Gasteiger partial charge >= 0.3 is 0 Å². The van der Waals surface area contributed by atoms with Gasteiger partial charge < -0.3 is 4.74 Å². The van der Waals surface area contributed by atoms with Gasteiger partial charge in [-0.1, -0.05) is 73.7 Å². The van der Waals surface area contributed by atoms with E-state index in [0.717, 1.165) is 32.5 Å². The molecule has 0 bridgehead atoms. The van der Waals surface area contributed by atoms with E-state index < -0.39 is 0 Å². The van der Waals surface area contributed by atoms with Gasteiger partial charge in [0.25, 0.3) is 0 Å². The molecule has 0 N–H and O–H groups in total. The molecule has 19 heavy (non-hydrogen) atoms. The number of benzene rings is 2. The predicted molar refractivity (Wildman–Crippen MR) is 82.3 cm³/mol. The Morgan fingerprint density at radius 3 is 1.79 bits per heavy atom. The Kier molecular flexibility index (Phi) is 9.35. The van der Waals surface area contributed by atoms with Crippen LogP contribution in [0.2, 0.25) is 0 Å². The molecule has 0 spiro atoms. The Morgan fingerprint density at radius 2 is 1.26 bits per heavy atom. The summed E-state index contributed by atoms with van der Waals surface area (Å²) in [5.74, 6) is 0. The van der Waals surface area contributed by atoms with Gasteiger partial charge in [0.2, 0.25) is 0 Å². The SMILES string of the molecule is CCCOCCCc1ccccc1.c1ccccc1. The van der Waals surface area contributed by atoms with Crippen molar-refractivity contribution in [2.45, 2.75) is 26.2 Å². The molecule has 2 aromatic carbocycles. The molecule has 0 atom stereocenters. The molecule has 0 aliphatic heterocycles. The first-order valence-electron chi connectivity index (χ1n) is 7.05. The van der Waals surface area contributed by atoms with Crippen molar-refractivity contribution in [3.8, 4) is 0 Å². The van der Waals surface area contributed by atoms with Gasteiger partial charge in [-0.05, 0) is 24.8 Å². The van der Waals surface area contributed by atoms with Gasteiger partial charge in [-0.2, -0.15) is 0 Å². The average molecular weight is 256 g/mol. The summed E-state index contributed by atoms with van der Waals surface area (Å²) in [5.41, 5.74) is 1.41. The van der Waals surface area contributed by atoms with Crippen molar-refractivity contribution in [2.24, 2.45) is 0 Å². The van der Waals surface area contributed by atoms with Crippen LogP contribution in [0.1, 0.15) is 25.3 Å². The minimum Gasteiger partial charge on any atom is -0.381 e. The van der Waals surface area contributed by atoms with Gasteiger partial charge in [0.1, 0.15) is 0 Å². The van der Waals surface area contributed by atoms with Crippen molar-refractivity contribution in [1.82, 2.24) is 0 Å². The van der Waals surface area contributed by atoms with Gasteiger partial charge in [-0.15, -0.1) is 0 Å². The summed E-state index contributed by atoms with van der Waals surface area (Å²) in [6.45, 7) is 3.93. The van der Waals surface area contributed by atoms with Crippen LogP contribution < -0.4 is 0 Å². The second-order valence-corrected chi connectivity index (χ2v) is 4.36. The number of hydrogen-bond acceptors (Lipinski definition) is 1. The van der Waals surface area contributed by atoms with Gasteiger partial charge in [-0.25, -0.2) is 0 Å². The second kappa shape index (κ2) is 11.5. The van der Waals surface area contributed by atoms with E-state index >= 15 is 0 Å². The van der Waals surface area contributed by atoms with Gasteiger partial charge in [-0.3, -0.25) is 0 Å². The zero-order valence-electron chi connectivity index (χ0n) is 11.8. The molecule has 1 heteroatoms. The maximum Gasteiger partial charge on any atom is 0.0469 e. The van der Waals surface area contributed by atoms with Crippen molar-refractivity contribution >= 4 is 0 Å². The van der Waals surface area contributed by atoms with Gasteiger partial charge in [0.15, 0.2) is 0 Å². The van der Waals surface area contributed by atoms with Crippen LogP contribution in [0.15, 0.2) is 66.7 Å². The van der Waals surface area contributed by atoms with Crippen LogP contribution in [0, 0.1) is 0 Å². The van der Waals surface area contributed by atoms with Crippen LogP contribution in [0.25, 0.3) is 0 Å². The molecule has 0 aliphatic carbocycles. The lowest BCUT2D eigenvalue weighted by Gasteiger charge is -2.02. The van der Waals surface area contributed by atoms with Crippen LogP contribution in [0.3, 0.4) is 0 Å². The van der Waals surface area contributed by atoms with Crippen LogP contribution in [0.5, 0.6) is 0 Å². The van der Waals surface area contributed by atoms with Crippen LogP contribution >= 0.6 is 0 Å². The van der Waals surface area contributed by atoms with E-state index in [1.807, 2.05) is 36.4 Å². The maximum atomic E-state index is 5.40. The smallest absolute Gasteiger partial charge is 0.0469 e. The monoisotopic (exact) mass is 256 g/mol. The molecule has 0 aliphatic rings. The summed E-state index contributed by atoms with van der Waals surface area (Å²) in [6, 6.07) is 22.6. The molecule has 0 unspecified atom stereocenters. The van der Waals surface area contributed by atoms with E-state index in [9.17, 15) is 0 Å². The number of ether oxygens (including phenoxy) is 1. The molecule has 0 aromatic heterocycles. The molecule has 2 aromatic rings. The zero-order chi connectivity index (χ0) is 13.6. The summed E-state index contributed by atoms with van der Waals surface area (Å²) in [7, 11) is 0. The highest BCUT2D eigenvalue weighted by Gasteiger charge is 1.91. The summed E-state index contributed by atoms with van der Waals surface area (Å²) in [5, 5.41) is 0. The quantitative estimate of drug-likeness (QED) is 0.679. The first kappa shape index (κ1) is 15.5. The zero-order valence-corrected chi connectivity index (χ0v) is 11.8. The molecular weight excluding hydrogens is 232 g/mol. The van der Waals surface area contributed by atoms with E-state index in [1.54, 1.807) is 0 Å². The third kappa shape index (κ3) is 9.04. The predicted octanol–water partition coefficient (Wildman–Crippen LogP) is 4.73. The molecule has 0 fully saturated rings. The molecule has 1 nitrogen and oxygen atoms in total. The van der Waals surface area contributed by atoms with E-state index in [1.165, 1.54) is 5.56 Å². The average Bonchev–Trinajstić information content (AvgIpc) is 2.51. The highest BCUT2D eigenvalue weighted by atomic mass is 16.5. The fraction of sp³-hybridized carbons (Fsp3) is 0.333. The molecule has 0 heterocycles. The van der Waals surface area contributed by atoms with Crippen molar-refractivity contribution in [1.29, 1.82) is 0 Å². The Morgan fingerprint density at radius 1 is 0.737 bits per heavy atom. The highest BCUT2D eigenvalue weighted by Crippen LogP contribution is 2.02. The van der Waals surface area contributed by atoms with Gasteiger partial charge in [0, 0.05) is 13.2 Å². The molecule has 2 rings (SSSR count). The van der Waals surface area contributed by atoms with Crippen molar-refractivity contribution < 1.29 is 4.74 Å². The molecular formula is C18H24O. The lowest BCUT2D eigenvalue weighted by Crippen LogP contribution is -1.97. The van der Waals surface area contributed by atoms with Crippen LogP contribution in [-0.4, -0.2) is 13.2 Å². The molecule has 102 valence electrons. The Balaban J connectivity index is 0.000000250. The topological polar surface area (TPSA) is 9.23 Å². The van der Waals surface area contributed by atoms with E-state index in [4.69, 9.17) is 4.74 Å². The molecule has 0 radical (unpaired) electrons. The van der Waals surface area contributed by atoms with Crippen LogP contribution in [-0.2, 0) is 11.2 Å². The van der Waals surface area contributed by atoms with Crippen molar-refractivity contribution in [3.05, 3.63) is 72.3 Å². The Hall–Kier alpha value is -1.60. The summed E-state index contributed by atoms with van der Waals surface area (Å²) in [4.78, 5) is 0. The van der Waals surface area contributed by atoms with Crippen molar-refractivity contribution in [2.75, 3.05) is 13.2 Å². The van der Waals surface area contributed by atoms with E-state index in [-0.39, 0.29) is 0 Å². The Bertz CT molecular complexity index is 356. The van der Waals surface area contributed by atoms with Crippen LogP contribution in [0.4, 0.5) is 0 Å². The number of hydrogen-bond donors (Lipinski definition) is 0. The first-order chi connectivity index (χ1) is 9.43. The fourth-order valence-corrected chi connectivity index (χ4v) is 1.65. The van der Waals surface area contributed by atoms with E-state index in [0.29, 0.717) is 0 Å². The number of rotatable bonds is 6. The highest BCUT2D eigenvalue weighted by molar-refractivity contribution is 5.14. The lowest BCUT2D eigenvalue weighted by atomic mass is 10.1. The first-order valence-corrected chi connectivity index (χ1v) is 7.05. The molecule has 0 saturated heterocycles. The molecule has 0 saturated carbocycles. The maximum absolute atomic E-state index is 5.40. The summed E-state index contributed by atoms with van der Waals surface area (Å²) in [6.07, 6.45) is 3.37. The largest absolute Gasteiger partial charge is 0.381 e. The third-order valence-corrected chi connectivity index (χ3v) is 2.61. The third-order valence-electron chi connectivity index (χ3n) is 2.61. The second-order valence-electron chi connectivity index (χ2n) is 4.36. The summed E-state index contributed by atoms with van der Waals surface area (Å²) < 4.78 is 5.40. The van der Waals surface area contributed by atoms with Gasteiger partial charge in [0.05, 0.1) is 0 Å². The normalized spacial score (nSPS) is 9.53. The summed E-state index contributed by atoms with van der Waals surface area (Å²) >= 11 is 0. The standard InChI is InChI=1S/C12H18O.C6H6/c1-2-10-13-11-6-9-12-7-4-3-5-8-12;1-2-4-6-5-3-1/h3-5,7-8H,2,6,9-11H2,1H3;1-6H. The minimum atomic E-state index is 0.892.